The lowest BCUT2D eigenvalue weighted by Crippen LogP contribution is -2.65. The molecule has 296 valence electrons. The van der Waals surface area contributed by atoms with E-state index in [1.54, 1.807) is 0 Å². The lowest BCUT2D eigenvalue weighted by atomic mass is 9.87. The van der Waals surface area contributed by atoms with Crippen LogP contribution in [0, 0.1) is 0 Å². The summed E-state index contributed by atoms with van der Waals surface area (Å²) in [5.41, 5.74) is 15.6. The third kappa shape index (κ3) is 5.39. The van der Waals surface area contributed by atoms with Crippen molar-refractivity contribution >= 4 is 97.1 Å². The Bertz CT molecular complexity index is 2860. The number of fused-ring (bicyclic) bond motifs is 4. The SMILES string of the molecule is CC(C)(C)c1ccc(N2c3cc4ccccc4c4c3[SiH]3c5c(cccc5N(c5ccc(C(C)(C)C)cc5)c5c3c2cc2ccccc52)N4c2ccc(C(C)(C)C)cc2)cc1. The second kappa shape index (κ2) is 12.7. The predicted molar refractivity (Wildman–Crippen MR) is 261 cm³/mol. The highest BCUT2D eigenvalue weighted by atomic mass is 28.3. The van der Waals surface area contributed by atoms with Crippen molar-refractivity contribution in [3.8, 4) is 0 Å². The van der Waals surface area contributed by atoms with Crippen LogP contribution >= 0.6 is 0 Å². The lowest BCUT2D eigenvalue weighted by Gasteiger charge is -2.50. The Kier molecular flexibility index (Phi) is 7.82. The molecule has 0 bridgehead atoms. The highest BCUT2D eigenvalue weighted by Gasteiger charge is 2.49. The molecule has 11 rings (SSSR count). The quantitative estimate of drug-likeness (QED) is 0.165. The molecule has 0 N–H and O–H groups in total. The zero-order chi connectivity index (χ0) is 41.5. The Morgan fingerprint density at radius 3 is 1.05 bits per heavy atom. The Morgan fingerprint density at radius 2 is 0.683 bits per heavy atom. The third-order valence-electron chi connectivity index (χ3n) is 13.4. The molecule has 0 spiro atoms. The summed E-state index contributed by atoms with van der Waals surface area (Å²) in [5, 5.41) is 9.61. The Morgan fingerprint density at radius 1 is 0.333 bits per heavy atom. The molecule has 0 saturated carbocycles. The van der Waals surface area contributed by atoms with Crippen LogP contribution in [0.2, 0.25) is 0 Å². The van der Waals surface area contributed by atoms with Crippen LogP contribution in [0.25, 0.3) is 21.5 Å². The van der Waals surface area contributed by atoms with Crippen LogP contribution in [0.15, 0.2) is 152 Å². The van der Waals surface area contributed by atoms with Crippen LogP contribution in [0.3, 0.4) is 0 Å². The van der Waals surface area contributed by atoms with Crippen molar-refractivity contribution in [3.63, 3.8) is 0 Å². The predicted octanol–water partition coefficient (Wildman–Crippen LogP) is 13.5. The molecule has 0 atom stereocenters. The summed E-state index contributed by atoms with van der Waals surface area (Å²) in [6.07, 6.45) is 0. The Balaban J connectivity index is 1.30. The molecule has 8 aromatic carbocycles. The van der Waals surface area contributed by atoms with Gasteiger partial charge in [-0.25, -0.2) is 0 Å². The van der Waals surface area contributed by atoms with Crippen molar-refractivity contribution in [2.45, 2.75) is 78.6 Å². The second-order valence-corrected chi connectivity index (χ2v) is 22.9. The monoisotopic (exact) mass is 795 g/mol. The van der Waals surface area contributed by atoms with E-state index in [1.165, 1.54) is 105 Å². The molecule has 3 heterocycles. The van der Waals surface area contributed by atoms with E-state index in [4.69, 9.17) is 0 Å². The van der Waals surface area contributed by atoms with Crippen LogP contribution in [0.5, 0.6) is 0 Å². The fraction of sp³-hybridized carbons (Fsp3) is 0.214. The minimum absolute atomic E-state index is 0.0505. The molecule has 3 aliphatic heterocycles. The van der Waals surface area contributed by atoms with Crippen molar-refractivity contribution < 1.29 is 0 Å². The largest absolute Gasteiger partial charge is 0.310 e. The van der Waals surface area contributed by atoms with Crippen LogP contribution in [-0.4, -0.2) is 8.80 Å². The summed E-state index contributed by atoms with van der Waals surface area (Å²) in [6.45, 7) is 20.7. The molecule has 8 aromatic rings. The zero-order valence-corrected chi connectivity index (χ0v) is 37.5. The van der Waals surface area contributed by atoms with E-state index in [0.717, 1.165) is 0 Å². The molecule has 3 nitrogen and oxygen atoms in total. The van der Waals surface area contributed by atoms with Gasteiger partial charge in [0.2, 0.25) is 0 Å². The van der Waals surface area contributed by atoms with E-state index in [1.807, 2.05) is 0 Å². The molecule has 0 aromatic heterocycles. The number of nitrogens with zero attached hydrogens (tertiary/aromatic N) is 3. The average molecular weight is 796 g/mol. The first-order valence-electron chi connectivity index (χ1n) is 21.6. The van der Waals surface area contributed by atoms with Gasteiger partial charge < -0.3 is 14.7 Å². The summed E-state index contributed by atoms with van der Waals surface area (Å²) in [4.78, 5) is 7.86. The maximum atomic E-state index is 2.62. The van der Waals surface area contributed by atoms with Crippen molar-refractivity contribution in [1.82, 2.24) is 0 Å². The van der Waals surface area contributed by atoms with Gasteiger partial charge in [0.1, 0.15) is 8.80 Å². The van der Waals surface area contributed by atoms with Gasteiger partial charge in [-0.2, -0.15) is 0 Å². The molecule has 0 unspecified atom stereocenters. The average Bonchev–Trinajstić information content (AvgIpc) is 3.23. The molecule has 3 aliphatic rings. The van der Waals surface area contributed by atoms with E-state index in [0.29, 0.717) is 0 Å². The number of anilines is 9. The second-order valence-electron chi connectivity index (χ2n) is 20.3. The van der Waals surface area contributed by atoms with Crippen molar-refractivity contribution in [1.29, 1.82) is 0 Å². The minimum atomic E-state index is -2.16. The van der Waals surface area contributed by atoms with Crippen LogP contribution in [0.1, 0.15) is 79.0 Å². The van der Waals surface area contributed by atoms with Crippen LogP contribution < -0.4 is 30.3 Å². The first-order chi connectivity index (χ1) is 28.7. The number of rotatable bonds is 3. The summed E-state index contributed by atoms with van der Waals surface area (Å²) in [7, 11) is -2.16. The number of hydrogen-bond acceptors (Lipinski definition) is 3. The van der Waals surface area contributed by atoms with Gasteiger partial charge in [0.15, 0.2) is 0 Å². The van der Waals surface area contributed by atoms with Crippen molar-refractivity contribution in [2.24, 2.45) is 0 Å². The van der Waals surface area contributed by atoms with Gasteiger partial charge in [0, 0.05) is 50.6 Å². The molecule has 60 heavy (non-hydrogen) atoms. The van der Waals surface area contributed by atoms with Gasteiger partial charge in [-0.1, -0.05) is 153 Å². The highest BCUT2D eigenvalue weighted by molar-refractivity contribution is 7.03. The lowest BCUT2D eigenvalue weighted by molar-refractivity contribution is 0.590. The van der Waals surface area contributed by atoms with E-state index in [2.05, 4.69) is 229 Å². The van der Waals surface area contributed by atoms with Crippen LogP contribution in [0.4, 0.5) is 51.2 Å². The van der Waals surface area contributed by atoms with Gasteiger partial charge >= 0.3 is 0 Å². The smallest absolute Gasteiger partial charge is 0.149 e. The number of hydrogen-bond donors (Lipinski definition) is 0. The van der Waals surface area contributed by atoms with E-state index < -0.39 is 8.80 Å². The van der Waals surface area contributed by atoms with E-state index in [-0.39, 0.29) is 16.2 Å². The molecule has 0 fully saturated rings. The summed E-state index contributed by atoms with van der Waals surface area (Å²) < 4.78 is 0. The van der Waals surface area contributed by atoms with Crippen molar-refractivity contribution in [3.05, 3.63) is 168 Å². The van der Waals surface area contributed by atoms with E-state index >= 15 is 0 Å². The van der Waals surface area contributed by atoms with Gasteiger partial charge in [-0.05, 0) is 120 Å². The minimum Gasteiger partial charge on any atom is -0.310 e. The van der Waals surface area contributed by atoms with Crippen LogP contribution in [-0.2, 0) is 16.2 Å². The van der Waals surface area contributed by atoms with Gasteiger partial charge in [0.05, 0.1) is 11.4 Å². The Hall–Kier alpha value is -6.10. The maximum absolute atomic E-state index is 2.62. The first kappa shape index (κ1) is 36.9. The highest BCUT2D eigenvalue weighted by Crippen LogP contribution is 2.53. The molecule has 0 amide bonds. The molecular weight excluding hydrogens is 743 g/mol. The van der Waals surface area contributed by atoms with Crippen molar-refractivity contribution in [2.75, 3.05) is 14.7 Å². The molecule has 0 radical (unpaired) electrons. The molecule has 0 aliphatic carbocycles. The fourth-order valence-corrected chi connectivity index (χ4v) is 14.3. The van der Waals surface area contributed by atoms with Gasteiger partial charge in [-0.15, -0.1) is 0 Å². The van der Waals surface area contributed by atoms with E-state index in [9.17, 15) is 0 Å². The molecule has 0 saturated heterocycles. The maximum Gasteiger partial charge on any atom is 0.149 e. The standard InChI is InChI=1S/C56H53N3Si/c1-54(2,3)37-21-27-40(28-22-37)57-47-33-35-15-10-12-17-43(35)49-52(47)60-51-45(58(49)41-29-23-38(24-30-41)55(4,5)6)19-14-20-46(51)59(42-31-25-39(26-32-42)56(7,8)9)50-44-18-13-11-16-36(44)34-48(57)53(50)60/h10-34,60H,1-9H3. The van der Waals surface area contributed by atoms with Gasteiger partial charge in [-0.3, -0.25) is 0 Å². The Labute approximate surface area is 357 Å². The van der Waals surface area contributed by atoms with Gasteiger partial charge in [0.25, 0.3) is 0 Å². The summed E-state index contributed by atoms with van der Waals surface area (Å²) in [5.74, 6) is 0. The normalized spacial score (nSPS) is 14.6. The fourth-order valence-electron chi connectivity index (χ4n) is 10.3. The third-order valence-corrected chi connectivity index (χ3v) is 16.9. The summed E-state index contributed by atoms with van der Waals surface area (Å²) >= 11 is 0. The number of benzene rings is 8. The first-order valence-corrected chi connectivity index (χ1v) is 23.4. The molecule has 4 heteroatoms. The summed E-state index contributed by atoms with van der Waals surface area (Å²) in [6, 6.07) is 58.5. The topological polar surface area (TPSA) is 9.72 Å². The zero-order valence-electron chi connectivity index (χ0n) is 36.4. The molecular formula is C56H53N3Si.